The molecule has 0 aliphatic rings. The molecule has 3 nitrogen and oxygen atoms in total. The number of carbonyl (C=O) groups excluding carboxylic acids is 1. The summed E-state index contributed by atoms with van der Waals surface area (Å²) in [6.07, 6.45) is 1.73. The van der Waals surface area contributed by atoms with E-state index in [2.05, 4.69) is 11.9 Å². The van der Waals surface area contributed by atoms with Crippen molar-refractivity contribution < 1.29 is 4.79 Å². The van der Waals surface area contributed by atoms with E-state index in [9.17, 15) is 4.79 Å². The van der Waals surface area contributed by atoms with Gasteiger partial charge >= 0.3 is 0 Å². The molecule has 0 aromatic heterocycles. The van der Waals surface area contributed by atoms with Gasteiger partial charge in [0, 0.05) is 26.1 Å². The zero-order valence-electron chi connectivity index (χ0n) is 8.13. The van der Waals surface area contributed by atoms with E-state index >= 15 is 0 Å². The van der Waals surface area contributed by atoms with Gasteiger partial charge in [-0.2, -0.15) is 0 Å². The van der Waals surface area contributed by atoms with Crippen LogP contribution in [0.1, 0.15) is 6.92 Å². The Balaban J connectivity index is 3.90. The fourth-order valence-electron chi connectivity index (χ4n) is 1.05. The number of hydrogen-bond donors (Lipinski definition) is 1. The van der Waals surface area contributed by atoms with Crippen LogP contribution >= 0.6 is 0 Å². The second kappa shape index (κ2) is 5.77. The number of rotatable bonds is 5. The Labute approximate surface area is 74.4 Å². The van der Waals surface area contributed by atoms with E-state index in [4.69, 9.17) is 0 Å². The summed E-state index contributed by atoms with van der Waals surface area (Å²) in [5.41, 5.74) is 0. The molecule has 0 saturated carbocycles. The predicted octanol–water partition coefficient (Wildman–Crippen LogP) is 0.486. The van der Waals surface area contributed by atoms with Gasteiger partial charge in [0.2, 0.25) is 5.91 Å². The summed E-state index contributed by atoms with van der Waals surface area (Å²) in [7, 11) is 3.63. The molecule has 70 valence electrons. The fourth-order valence-corrected chi connectivity index (χ4v) is 1.05. The van der Waals surface area contributed by atoms with Crippen molar-refractivity contribution in [3.05, 3.63) is 12.7 Å². The van der Waals surface area contributed by atoms with Gasteiger partial charge in [-0.25, -0.2) is 0 Å². The maximum atomic E-state index is 11.5. The molecule has 0 spiro atoms. The highest BCUT2D eigenvalue weighted by Crippen LogP contribution is 1.98. The molecule has 0 saturated heterocycles. The van der Waals surface area contributed by atoms with Crippen LogP contribution in [0.25, 0.3) is 0 Å². The molecule has 0 bridgehead atoms. The van der Waals surface area contributed by atoms with Crippen LogP contribution in [0.5, 0.6) is 0 Å². The van der Waals surface area contributed by atoms with Gasteiger partial charge in [-0.05, 0) is 7.05 Å². The zero-order chi connectivity index (χ0) is 9.56. The van der Waals surface area contributed by atoms with Crippen molar-refractivity contribution in [2.24, 2.45) is 5.92 Å². The smallest absolute Gasteiger partial charge is 0.226 e. The number of carbonyl (C=O) groups is 1. The average Bonchev–Trinajstić information content (AvgIpc) is 2.04. The van der Waals surface area contributed by atoms with Gasteiger partial charge in [-0.3, -0.25) is 4.79 Å². The zero-order valence-corrected chi connectivity index (χ0v) is 8.13. The highest BCUT2D eigenvalue weighted by atomic mass is 16.2. The summed E-state index contributed by atoms with van der Waals surface area (Å²) in [5.74, 6) is 0.198. The first-order valence-corrected chi connectivity index (χ1v) is 4.14. The molecule has 0 aromatic carbocycles. The van der Waals surface area contributed by atoms with Gasteiger partial charge in [-0.1, -0.05) is 13.0 Å². The lowest BCUT2D eigenvalue weighted by Gasteiger charge is -2.19. The van der Waals surface area contributed by atoms with Gasteiger partial charge in [0.15, 0.2) is 0 Å². The van der Waals surface area contributed by atoms with Gasteiger partial charge in [0.25, 0.3) is 0 Å². The van der Waals surface area contributed by atoms with Gasteiger partial charge < -0.3 is 10.2 Å². The van der Waals surface area contributed by atoms with Crippen LogP contribution in [0.4, 0.5) is 0 Å². The molecule has 1 unspecified atom stereocenters. The van der Waals surface area contributed by atoms with Crippen LogP contribution in [-0.4, -0.2) is 38.0 Å². The van der Waals surface area contributed by atoms with E-state index < -0.39 is 0 Å². The molecule has 0 rings (SSSR count). The van der Waals surface area contributed by atoms with E-state index in [0.29, 0.717) is 6.54 Å². The molecular formula is C9H18N2O. The van der Waals surface area contributed by atoms with E-state index in [1.54, 1.807) is 18.0 Å². The number of nitrogens with zero attached hydrogens (tertiary/aromatic N) is 1. The molecule has 0 heterocycles. The van der Waals surface area contributed by atoms with Gasteiger partial charge in [-0.15, -0.1) is 6.58 Å². The molecule has 0 aromatic rings. The number of amides is 1. The molecule has 3 heteroatoms. The van der Waals surface area contributed by atoms with Crippen LogP contribution in [0, 0.1) is 5.92 Å². The summed E-state index contributed by atoms with van der Waals surface area (Å²) in [6.45, 7) is 6.83. The molecule has 0 aliphatic heterocycles. The SMILES string of the molecule is C=CCN(C)C(=O)C(C)CNC. The third-order valence-corrected chi connectivity index (χ3v) is 1.71. The van der Waals surface area contributed by atoms with Crippen molar-refractivity contribution in [2.75, 3.05) is 27.2 Å². The van der Waals surface area contributed by atoms with Crippen molar-refractivity contribution in [1.29, 1.82) is 0 Å². The quantitative estimate of drug-likeness (QED) is 0.609. The number of hydrogen-bond acceptors (Lipinski definition) is 2. The Morgan fingerprint density at radius 3 is 2.75 bits per heavy atom. The van der Waals surface area contributed by atoms with E-state index in [1.807, 2.05) is 14.0 Å². The fraction of sp³-hybridized carbons (Fsp3) is 0.667. The van der Waals surface area contributed by atoms with Gasteiger partial charge in [0.05, 0.1) is 0 Å². The predicted molar refractivity (Wildman–Crippen MR) is 50.9 cm³/mol. The van der Waals surface area contributed by atoms with Crippen LogP contribution in [0.2, 0.25) is 0 Å². The minimum atomic E-state index is 0.0416. The van der Waals surface area contributed by atoms with Crippen LogP contribution in [0.3, 0.4) is 0 Å². The Kier molecular flexibility index (Phi) is 5.37. The third-order valence-electron chi connectivity index (χ3n) is 1.71. The minimum absolute atomic E-state index is 0.0416. The molecular weight excluding hydrogens is 152 g/mol. The molecule has 1 N–H and O–H groups in total. The average molecular weight is 170 g/mol. The highest BCUT2D eigenvalue weighted by Gasteiger charge is 2.14. The summed E-state index contributed by atoms with van der Waals surface area (Å²) >= 11 is 0. The normalized spacial score (nSPS) is 12.2. The maximum absolute atomic E-state index is 11.5. The monoisotopic (exact) mass is 170 g/mol. The Bertz CT molecular complexity index is 157. The van der Waals surface area contributed by atoms with Crippen molar-refractivity contribution in [3.63, 3.8) is 0 Å². The molecule has 0 aliphatic carbocycles. The molecule has 0 radical (unpaired) electrons. The van der Waals surface area contributed by atoms with Crippen LogP contribution in [0.15, 0.2) is 12.7 Å². The van der Waals surface area contributed by atoms with Crippen molar-refractivity contribution in [2.45, 2.75) is 6.92 Å². The van der Waals surface area contributed by atoms with Crippen LogP contribution in [-0.2, 0) is 4.79 Å². The van der Waals surface area contributed by atoms with Gasteiger partial charge in [0.1, 0.15) is 0 Å². The molecule has 12 heavy (non-hydrogen) atoms. The minimum Gasteiger partial charge on any atom is -0.342 e. The third kappa shape index (κ3) is 3.53. The first-order chi connectivity index (χ1) is 5.63. The van der Waals surface area contributed by atoms with Crippen molar-refractivity contribution in [3.8, 4) is 0 Å². The second-order valence-corrected chi connectivity index (χ2v) is 2.97. The Morgan fingerprint density at radius 1 is 1.75 bits per heavy atom. The highest BCUT2D eigenvalue weighted by molar-refractivity contribution is 5.78. The summed E-state index contributed by atoms with van der Waals surface area (Å²) < 4.78 is 0. The topological polar surface area (TPSA) is 32.3 Å². The second-order valence-electron chi connectivity index (χ2n) is 2.97. The standard InChI is InChI=1S/C9H18N2O/c1-5-6-11(4)9(12)8(2)7-10-3/h5,8,10H,1,6-7H2,2-4H3. The maximum Gasteiger partial charge on any atom is 0.226 e. The van der Waals surface area contributed by atoms with Crippen LogP contribution < -0.4 is 5.32 Å². The number of nitrogens with one attached hydrogen (secondary N) is 1. The lowest BCUT2D eigenvalue weighted by molar-refractivity contribution is -0.132. The molecule has 0 fully saturated rings. The van der Waals surface area contributed by atoms with E-state index in [0.717, 1.165) is 6.54 Å². The lowest BCUT2D eigenvalue weighted by atomic mass is 10.1. The Hall–Kier alpha value is -0.830. The number of likely N-dealkylation sites (N-methyl/N-ethyl adjacent to an activating group) is 1. The van der Waals surface area contributed by atoms with E-state index in [1.165, 1.54) is 0 Å². The van der Waals surface area contributed by atoms with E-state index in [-0.39, 0.29) is 11.8 Å². The van der Waals surface area contributed by atoms with Crippen molar-refractivity contribution in [1.82, 2.24) is 10.2 Å². The summed E-state index contributed by atoms with van der Waals surface area (Å²) in [4.78, 5) is 13.1. The first-order valence-electron chi connectivity index (χ1n) is 4.14. The summed E-state index contributed by atoms with van der Waals surface area (Å²) in [5, 5.41) is 2.97. The lowest BCUT2D eigenvalue weighted by Crippen LogP contribution is -2.35. The largest absolute Gasteiger partial charge is 0.342 e. The molecule has 1 atom stereocenters. The van der Waals surface area contributed by atoms with Crippen molar-refractivity contribution >= 4 is 5.91 Å². The first kappa shape index (κ1) is 11.2. The summed E-state index contributed by atoms with van der Waals surface area (Å²) in [6, 6.07) is 0. The molecule has 1 amide bonds. The Morgan fingerprint density at radius 2 is 2.33 bits per heavy atom.